The topological polar surface area (TPSA) is 114 Å². The van der Waals surface area contributed by atoms with Crippen LogP contribution in [-0.4, -0.2) is 36.1 Å². The Morgan fingerprint density at radius 2 is 1.57 bits per heavy atom. The van der Waals surface area contributed by atoms with E-state index < -0.39 is 17.8 Å². The normalized spacial score (nSPS) is 10.6. The molecule has 216 valence electrons. The van der Waals surface area contributed by atoms with Gasteiger partial charge in [-0.15, -0.1) is 23.1 Å². The molecule has 0 saturated heterocycles. The second-order valence-corrected chi connectivity index (χ2v) is 11.7. The zero-order valence-electron chi connectivity index (χ0n) is 22.5. The minimum atomic E-state index is -0.628. The Hall–Kier alpha value is -3.83. The molecule has 0 saturated carbocycles. The zero-order chi connectivity index (χ0) is 30.2. The Labute approximate surface area is 260 Å². The van der Waals surface area contributed by atoms with Crippen LogP contribution >= 0.6 is 46.3 Å². The summed E-state index contributed by atoms with van der Waals surface area (Å²) >= 11 is 14.3. The summed E-state index contributed by atoms with van der Waals surface area (Å²) in [6, 6.07) is 20.5. The Morgan fingerprint density at radius 3 is 2.29 bits per heavy atom. The average Bonchev–Trinajstić information content (AvgIpc) is 3.28. The summed E-state index contributed by atoms with van der Waals surface area (Å²) in [6.45, 7) is 3.46. The summed E-state index contributed by atoms with van der Waals surface area (Å²) in [6.07, 6.45) is 0. The number of hydrogen-bond donors (Lipinski definition) is 3. The second kappa shape index (κ2) is 14.4. The van der Waals surface area contributed by atoms with Gasteiger partial charge in [0.1, 0.15) is 5.00 Å². The molecule has 3 aromatic carbocycles. The van der Waals surface area contributed by atoms with Gasteiger partial charge < -0.3 is 20.7 Å². The standard InChI is InChI=1S/C30H25Cl2N3O5S2/c1-3-40-30(39)25-17(2)26(28(38)33-19-8-5-4-6-9-19)42-29(25)35-24(36)16-41-21-11-7-10-20(15-21)34-27(37)22-13-12-18(31)14-23(22)32/h4-15H,3,16H2,1-2H3,(H,33,38)(H,34,37)(H,35,36). The first-order chi connectivity index (χ1) is 20.2. The number of nitrogens with one attached hydrogen (secondary N) is 3. The number of thioether (sulfide) groups is 1. The fourth-order valence-electron chi connectivity index (χ4n) is 3.82. The summed E-state index contributed by atoms with van der Waals surface area (Å²) < 4.78 is 5.19. The fourth-order valence-corrected chi connectivity index (χ4v) is 6.18. The number of benzene rings is 3. The molecule has 0 bridgehead atoms. The predicted molar refractivity (Wildman–Crippen MR) is 170 cm³/mol. The van der Waals surface area contributed by atoms with Crippen LogP contribution in [0.5, 0.6) is 0 Å². The van der Waals surface area contributed by atoms with Gasteiger partial charge in [0.05, 0.1) is 33.4 Å². The maximum Gasteiger partial charge on any atom is 0.341 e. The molecule has 4 aromatic rings. The van der Waals surface area contributed by atoms with Crippen LogP contribution in [0.15, 0.2) is 77.7 Å². The number of rotatable bonds is 10. The van der Waals surface area contributed by atoms with Gasteiger partial charge in [-0.3, -0.25) is 14.4 Å². The van der Waals surface area contributed by atoms with E-state index in [2.05, 4.69) is 16.0 Å². The highest BCUT2D eigenvalue weighted by molar-refractivity contribution is 8.00. The summed E-state index contributed by atoms with van der Waals surface area (Å²) in [5.74, 6) is -1.81. The first-order valence-electron chi connectivity index (χ1n) is 12.6. The van der Waals surface area contributed by atoms with Crippen LogP contribution in [0, 0.1) is 6.92 Å². The van der Waals surface area contributed by atoms with Crippen molar-refractivity contribution >= 4 is 86.4 Å². The summed E-state index contributed by atoms with van der Waals surface area (Å²) in [4.78, 5) is 52.4. The molecule has 1 aromatic heterocycles. The van der Waals surface area contributed by atoms with Crippen molar-refractivity contribution in [2.24, 2.45) is 0 Å². The first-order valence-corrected chi connectivity index (χ1v) is 15.2. The van der Waals surface area contributed by atoms with Gasteiger partial charge >= 0.3 is 5.97 Å². The highest BCUT2D eigenvalue weighted by Crippen LogP contribution is 2.35. The Morgan fingerprint density at radius 1 is 0.857 bits per heavy atom. The molecule has 12 heteroatoms. The van der Waals surface area contributed by atoms with Crippen LogP contribution < -0.4 is 16.0 Å². The van der Waals surface area contributed by atoms with Gasteiger partial charge in [-0.2, -0.15) is 0 Å². The van der Waals surface area contributed by atoms with Crippen LogP contribution in [-0.2, 0) is 9.53 Å². The first kappa shape index (κ1) is 31.1. The van der Waals surface area contributed by atoms with E-state index in [0.29, 0.717) is 22.0 Å². The smallest absolute Gasteiger partial charge is 0.341 e. The molecule has 0 fully saturated rings. The molecule has 8 nitrogen and oxygen atoms in total. The third-order valence-corrected chi connectivity index (χ3v) is 8.50. The molecule has 3 amide bonds. The van der Waals surface area contributed by atoms with E-state index in [9.17, 15) is 19.2 Å². The largest absolute Gasteiger partial charge is 0.462 e. The zero-order valence-corrected chi connectivity index (χ0v) is 25.6. The van der Waals surface area contributed by atoms with Crippen molar-refractivity contribution in [3.63, 3.8) is 0 Å². The molecule has 0 radical (unpaired) electrons. The summed E-state index contributed by atoms with van der Waals surface area (Å²) in [7, 11) is 0. The SMILES string of the molecule is CCOC(=O)c1c(NC(=O)CSc2cccc(NC(=O)c3ccc(Cl)cc3Cl)c2)sc(C(=O)Nc2ccccc2)c1C. The van der Waals surface area contributed by atoms with Crippen molar-refractivity contribution in [1.82, 2.24) is 0 Å². The number of para-hydroxylation sites is 1. The van der Waals surface area contributed by atoms with Gasteiger partial charge in [-0.25, -0.2) is 4.79 Å². The van der Waals surface area contributed by atoms with Crippen molar-refractivity contribution < 1.29 is 23.9 Å². The van der Waals surface area contributed by atoms with Crippen molar-refractivity contribution in [1.29, 1.82) is 0 Å². The van der Waals surface area contributed by atoms with E-state index in [0.717, 1.165) is 16.2 Å². The number of hydrogen-bond acceptors (Lipinski definition) is 7. The number of amides is 3. The Kier molecular flexibility index (Phi) is 10.6. The van der Waals surface area contributed by atoms with Crippen molar-refractivity contribution in [3.8, 4) is 0 Å². The quantitative estimate of drug-likeness (QED) is 0.120. The van der Waals surface area contributed by atoms with E-state index in [1.54, 1.807) is 68.4 Å². The van der Waals surface area contributed by atoms with Crippen LogP contribution in [0.2, 0.25) is 10.0 Å². The Bertz CT molecular complexity index is 1640. The van der Waals surface area contributed by atoms with Gasteiger partial charge in [0.25, 0.3) is 11.8 Å². The van der Waals surface area contributed by atoms with Gasteiger partial charge in [0, 0.05) is 21.3 Å². The predicted octanol–water partition coefficient (Wildman–Crippen LogP) is 7.78. The van der Waals surface area contributed by atoms with Crippen LogP contribution in [0.1, 0.15) is 42.9 Å². The molecular formula is C30H25Cl2N3O5S2. The maximum absolute atomic E-state index is 13.0. The molecule has 0 unspecified atom stereocenters. The highest BCUT2D eigenvalue weighted by Gasteiger charge is 2.27. The van der Waals surface area contributed by atoms with Gasteiger partial charge in [0.15, 0.2) is 0 Å². The van der Waals surface area contributed by atoms with Crippen LogP contribution in [0.25, 0.3) is 0 Å². The number of carbonyl (C=O) groups excluding carboxylic acids is 4. The van der Waals surface area contributed by atoms with Crippen LogP contribution in [0.3, 0.4) is 0 Å². The number of carbonyl (C=O) groups is 4. The average molecular weight is 643 g/mol. The molecule has 0 spiro atoms. The molecule has 3 N–H and O–H groups in total. The maximum atomic E-state index is 13.0. The monoisotopic (exact) mass is 641 g/mol. The Balaban J connectivity index is 1.44. The van der Waals surface area contributed by atoms with Crippen molar-refractivity contribution in [3.05, 3.63) is 104 Å². The fraction of sp³-hybridized carbons (Fsp3) is 0.133. The third-order valence-electron chi connectivity index (χ3n) is 5.75. The van der Waals surface area contributed by atoms with E-state index in [1.807, 2.05) is 6.07 Å². The summed E-state index contributed by atoms with van der Waals surface area (Å²) in [5, 5.41) is 9.24. The van der Waals surface area contributed by atoms with Gasteiger partial charge in [0.2, 0.25) is 5.91 Å². The molecule has 1 heterocycles. The van der Waals surface area contributed by atoms with Crippen molar-refractivity contribution in [2.75, 3.05) is 28.3 Å². The van der Waals surface area contributed by atoms with Crippen LogP contribution in [0.4, 0.5) is 16.4 Å². The lowest BCUT2D eigenvalue weighted by atomic mass is 10.1. The lowest BCUT2D eigenvalue weighted by molar-refractivity contribution is -0.113. The second-order valence-electron chi connectivity index (χ2n) is 8.74. The number of ether oxygens (including phenoxy) is 1. The molecular weight excluding hydrogens is 617 g/mol. The molecule has 42 heavy (non-hydrogen) atoms. The highest BCUT2D eigenvalue weighted by atomic mass is 35.5. The minimum Gasteiger partial charge on any atom is -0.462 e. The molecule has 0 aliphatic carbocycles. The van der Waals surface area contributed by atoms with Gasteiger partial charge in [-0.05, 0) is 67.9 Å². The van der Waals surface area contributed by atoms with E-state index in [1.165, 1.54) is 23.9 Å². The number of halogens is 2. The number of thiophene rings is 1. The third kappa shape index (κ3) is 7.92. The van der Waals surface area contributed by atoms with E-state index >= 15 is 0 Å². The van der Waals surface area contributed by atoms with E-state index in [-0.39, 0.29) is 44.3 Å². The van der Waals surface area contributed by atoms with E-state index in [4.69, 9.17) is 27.9 Å². The van der Waals surface area contributed by atoms with Crippen molar-refractivity contribution in [2.45, 2.75) is 18.7 Å². The lowest BCUT2D eigenvalue weighted by Gasteiger charge is -2.09. The molecule has 0 atom stereocenters. The molecule has 0 aliphatic rings. The summed E-state index contributed by atoms with van der Waals surface area (Å²) in [5.41, 5.74) is 1.95. The van der Waals surface area contributed by atoms with Gasteiger partial charge in [-0.1, -0.05) is 47.5 Å². The molecule has 4 rings (SSSR count). The number of anilines is 3. The number of esters is 1. The molecule has 0 aliphatic heterocycles. The lowest BCUT2D eigenvalue weighted by Crippen LogP contribution is -2.16. The minimum absolute atomic E-state index is 0.00513.